The minimum atomic E-state index is -3.50. The molecule has 0 amide bonds. The van der Waals surface area contributed by atoms with Gasteiger partial charge in [0.1, 0.15) is 0 Å². The molecule has 1 heterocycles. The molecule has 0 saturated heterocycles. The molecule has 0 saturated carbocycles. The van der Waals surface area contributed by atoms with Gasteiger partial charge in [-0.15, -0.1) is 0 Å². The molecule has 0 fully saturated rings. The van der Waals surface area contributed by atoms with E-state index in [-0.39, 0.29) is 6.04 Å². The first-order valence-corrected chi connectivity index (χ1v) is 8.61. The Morgan fingerprint density at radius 2 is 1.85 bits per heavy atom. The molecule has 2 aromatic rings. The van der Waals surface area contributed by atoms with Crippen LogP contribution in [0.3, 0.4) is 0 Å². The van der Waals surface area contributed by atoms with E-state index in [1.807, 2.05) is 31.2 Å². The summed E-state index contributed by atoms with van der Waals surface area (Å²) in [7, 11) is -3.50. The molecule has 0 bridgehead atoms. The number of benzene rings is 2. The fraction of sp³-hybridized carbons (Fsp3) is 0.200. The average Bonchev–Trinajstić information content (AvgIpc) is 2.75. The zero-order chi connectivity index (χ0) is 14.3. The Morgan fingerprint density at radius 1 is 1.15 bits per heavy atom. The lowest BCUT2D eigenvalue weighted by Crippen LogP contribution is -2.35. The summed E-state index contributed by atoms with van der Waals surface area (Å²) in [5.74, 6) is 0. The number of sulfonamides is 1. The number of hydrogen-bond donors (Lipinski definition) is 0. The lowest BCUT2D eigenvalue weighted by molar-refractivity contribution is 0.584. The van der Waals surface area contributed by atoms with E-state index in [0.717, 1.165) is 22.1 Å². The molecule has 1 aliphatic heterocycles. The van der Waals surface area contributed by atoms with Crippen LogP contribution < -0.4 is 4.31 Å². The van der Waals surface area contributed by atoms with E-state index < -0.39 is 10.0 Å². The first kappa shape index (κ1) is 13.6. The van der Waals surface area contributed by atoms with E-state index in [0.29, 0.717) is 4.90 Å². The molecule has 1 atom stereocenters. The molecule has 104 valence electrons. The van der Waals surface area contributed by atoms with Gasteiger partial charge in [-0.2, -0.15) is 0 Å². The van der Waals surface area contributed by atoms with E-state index in [9.17, 15) is 8.42 Å². The average molecular weight is 352 g/mol. The van der Waals surface area contributed by atoms with Gasteiger partial charge in [0.25, 0.3) is 10.0 Å². The van der Waals surface area contributed by atoms with Gasteiger partial charge in [-0.05, 0) is 49.2 Å². The quantitative estimate of drug-likeness (QED) is 0.828. The molecular weight excluding hydrogens is 338 g/mol. The second kappa shape index (κ2) is 4.90. The Balaban J connectivity index is 2.12. The Morgan fingerprint density at radius 3 is 2.55 bits per heavy atom. The fourth-order valence-corrected chi connectivity index (χ4v) is 4.77. The molecule has 3 nitrogen and oxygen atoms in total. The van der Waals surface area contributed by atoms with Crippen molar-refractivity contribution in [3.63, 3.8) is 0 Å². The highest BCUT2D eigenvalue weighted by Gasteiger charge is 2.35. The van der Waals surface area contributed by atoms with E-state index in [1.54, 1.807) is 24.3 Å². The van der Waals surface area contributed by atoms with Gasteiger partial charge in [0.05, 0.1) is 10.6 Å². The molecule has 1 unspecified atom stereocenters. The van der Waals surface area contributed by atoms with Crippen molar-refractivity contribution in [3.8, 4) is 0 Å². The van der Waals surface area contributed by atoms with E-state index in [4.69, 9.17) is 0 Å². The summed E-state index contributed by atoms with van der Waals surface area (Å²) in [6.45, 7) is 1.94. The summed E-state index contributed by atoms with van der Waals surface area (Å²) >= 11 is 3.43. The van der Waals surface area contributed by atoms with Crippen LogP contribution in [0, 0.1) is 0 Å². The highest BCUT2D eigenvalue weighted by molar-refractivity contribution is 9.10. The largest absolute Gasteiger partial charge is 0.264 e. The standard InChI is InChI=1S/C15H14BrNO2S/c1-11-9-12-10-13(16)7-8-15(12)17(11)20(18,19)14-5-3-2-4-6-14/h2-8,10-11H,9H2,1H3. The van der Waals surface area contributed by atoms with Gasteiger partial charge in [-0.1, -0.05) is 34.1 Å². The van der Waals surface area contributed by atoms with Gasteiger partial charge in [-0.25, -0.2) is 8.42 Å². The maximum absolute atomic E-state index is 12.8. The van der Waals surface area contributed by atoms with Crippen molar-refractivity contribution in [2.45, 2.75) is 24.3 Å². The lowest BCUT2D eigenvalue weighted by Gasteiger charge is -2.24. The Labute approximate surface area is 127 Å². The molecule has 5 heteroatoms. The van der Waals surface area contributed by atoms with Crippen LogP contribution in [0.1, 0.15) is 12.5 Å². The topological polar surface area (TPSA) is 37.4 Å². The van der Waals surface area contributed by atoms with E-state index in [1.165, 1.54) is 4.31 Å². The summed E-state index contributed by atoms with van der Waals surface area (Å²) in [6, 6.07) is 14.3. The first-order chi connectivity index (χ1) is 9.50. The van der Waals surface area contributed by atoms with Crippen molar-refractivity contribution in [2.75, 3.05) is 4.31 Å². The summed E-state index contributed by atoms with van der Waals surface area (Å²) in [6.07, 6.45) is 0.737. The molecule has 1 aliphatic rings. The molecule has 0 aliphatic carbocycles. The maximum Gasteiger partial charge on any atom is 0.264 e. The van der Waals surface area contributed by atoms with Crippen molar-refractivity contribution in [1.82, 2.24) is 0 Å². The predicted molar refractivity (Wildman–Crippen MR) is 83.4 cm³/mol. The van der Waals surface area contributed by atoms with Gasteiger partial charge in [0.15, 0.2) is 0 Å². The van der Waals surface area contributed by atoms with Gasteiger partial charge < -0.3 is 0 Å². The third-order valence-electron chi connectivity index (χ3n) is 3.49. The normalized spacial score (nSPS) is 18.1. The zero-order valence-electron chi connectivity index (χ0n) is 11.0. The molecule has 0 aromatic heterocycles. The molecular formula is C15H14BrNO2S. The van der Waals surface area contributed by atoms with Crippen molar-refractivity contribution < 1.29 is 8.42 Å². The van der Waals surface area contributed by atoms with Gasteiger partial charge >= 0.3 is 0 Å². The minimum Gasteiger partial charge on any atom is -0.263 e. The summed E-state index contributed by atoms with van der Waals surface area (Å²) in [4.78, 5) is 0.336. The first-order valence-electron chi connectivity index (χ1n) is 6.38. The Hall–Kier alpha value is -1.33. The molecule has 2 aromatic carbocycles. The van der Waals surface area contributed by atoms with Crippen LogP contribution in [0.5, 0.6) is 0 Å². The smallest absolute Gasteiger partial charge is 0.263 e. The summed E-state index contributed by atoms with van der Waals surface area (Å²) in [5, 5.41) is 0. The second-order valence-corrected chi connectivity index (χ2v) is 7.67. The third kappa shape index (κ3) is 2.15. The molecule has 0 radical (unpaired) electrons. The van der Waals surface area contributed by atoms with Crippen LogP contribution in [0.2, 0.25) is 0 Å². The maximum atomic E-state index is 12.8. The van der Waals surface area contributed by atoms with Crippen LogP contribution in [0.25, 0.3) is 0 Å². The summed E-state index contributed by atoms with van der Waals surface area (Å²) in [5.41, 5.74) is 1.84. The number of rotatable bonds is 2. The molecule has 0 spiro atoms. The third-order valence-corrected chi connectivity index (χ3v) is 5.93. The second-order valence-electron chi connectivity index (χ2n) is 4.94. The monoisotopic (exact) mass is 351 g/mol. The lowest BCUT2D eigenvalue weighted by atomic mass is 10.1. The molecule has 20 heavy (non-hydrogen) atoms. The SMILES string of the molecule is CC1Cc2cc(Br)ccc2N1S(=O)(=O)c1ccccc1. The molecule has 0 N–H and O–H groups in total. The fourth-order valence-electron chi connectivity index (χ4n) is 2.64. The van der Waals surface area contributed by atoms with Crippen LogP contribution in [-0.4, -0.2) is 14.5 Å². The summed E-state index contributed by atoms with van der Waals surface area (Å²) < 4.78 is 28.1. The van der Waals surface area contributed by atoms with Crippen molar-refractivity contribution in [1.29, 1.82) is 0 Å². The number of hydrogen-bond acceptors (Lipinski definition) is 2. The van der Waals surface area contributed by atoms with Crippen LogP contribution in [0.4, 0.5) is 5.69 Å². The van der Waals surface area contributed by atoms with Gasteiger partial charge in [0.2, 0.25) is 0 Å². The van der Waals surface area contributed by atoms with Crippen molar-refractivity contribution in [2.24, 2.45) is 0 Å². The number of anilines is 1. The van der Waals surface area contributed by atoms with Crippen LogP contribution >= 0.6 is 15.9 Å². The number of nitrogens with zero attached hydrogens (tertiary/aromatic N) is 1. The zero-order valence-corrected chi connectivity index (χ0v) is 13.4. The van der Waals surface area contributed by atoms with Crippen molar-refractivity contribution in [3.05, 3.63) is 58.6 Å². The number of halogens is 1. The van der Waals surface area contributed by atoms with E-state index in [2.05, 4.69) is 15.9 Å². The Kier molecular flexibility index (Phi) is 3.34. The minimum absolute atomic E-state index is 0.0653. The van der Waals surface area contributed by atoms with Crippen LogP contribution in [-0.2, 0) is 16.4 Å². The number of fused-ring (bicyclic) bond motifs is 1. The van der Waals surface area contributed by atoms with Crippen molar-refractivity contribution >= 4 is 31.6 Å². The highest BCUT2D eigenvalue weighted by Crippen LogP contribution is 2.37. The Bertz CT molecular complexity index is 744. The van der Waals surface area contributed by atoms with Gasteiger partial charge in [0, 0.05) is 10.5 Å². The predicted octanol–water partition coefficient (Wildman–Crippen LogP) is 3.59. The van der Waals surface area contributed by atoms with E-state index >= 15 is 0 Å². The van der Waals surface area contributed by atoms with Crippen LogP contribution in [0.15, 0.2) is 57.9 Å². The highest BCUT2D eigenvalue weighted by atomic mass is 79.9. The molecule has 3 rings (SSSR count). The van der Waals surface area contributed by atoms with Gasteiger partial charge in [-0.3, -0.25) is 4.31 Å².